The summed E-state index contributed by atoms with van der Waals surface area (Å²) in [4.78, 5) is 14.4. The number of carbonyl (C=O) groups is 1. The number of nitrogens with one attached hydrogen (secondary N) is 1. The standard InChI is InChI=1S/C21H28N2O6S/c1-4-28-19-12-8-18(9-13-19)22-21(24)23(14-15-27-3)16-17-6-10-20(11-7-17)29-30(25,26)5-2/h6-13H,4-5,14-16H2,1-3H3,(H,22,24). The number of amides is 2. The predicted octanol–water partition coefficient (Wildman–Crippen LogP) is 3.49. The van der Waals surface area contributed by atoms with E-state index in [1.54, 1.807) is 60.5 Å². The van der Waals surface area contributed by atoms with Gasteiger partial charge in [-0.1, -0.05) is 12.1 Å². The zero-order valence-corrected chi connectivity index (χ0v) is 18.3. The first-order chi connectivity index (χ1) is 14.4. The van der Waals surface area contributed by atoms with Crippen molar-refractivity contribution in [3.8, 4) is 11.5 Å². The Morgan fingerprint density at radius 1 is 1.00 bits per heavy atom. The number of anilines is 1. The van der Waals surface area contributed by atoms with Gasteiger partial charge >= 0.3 is 16.1 Å². The fourth-order valence-electron chi connectivity index (χ4n) is 2.53. The van der Waals surface area contributed by atoms with Crippen LogP contribution < -0.4 is 14.2 Å². The Morgan fingerprint density at radius 2 is 1.63 bits per heavy atom. The SMILES string of the molecule is CCOc1ccc(NC(=O)N(CCOC)Cc2ccc(OS(=O)(=O)CC)cc2)cc1. The summed E-state index contributed by atoms with van der Waals surface area (Å²) in [6, 6.07) is 13.5. The molecule has 2 aromatic rings. The van der Waals surface area contributed by atoms with Crippen molar-refractivity contribution >= 4 is 21.8 Å². The maximum atomic E-state index is 12.8. The fraction of sp³-hybridized carbons (Fsp3) is 0.381. The van der Waals surface area contributed by atoms with Crippen molar-refractivity contribution in [2.75, 3.05) is 37.9 Å². The molecule has 164 valence electrons. The summed E-state index contributed by atoms with van der Waals surface area (Å²) >= 11 is 0. The molecule has 0 aromatic heterocycles. The highest BCUT2D eigenvalue weighted by molar-refractivity contribution is 7.87. The molecule has 0 radical (unpaired) electrons. The van der Waals surface area contributed by atoms with Gasteiger partial charge in [-0.2, -0.15) is 8.42 Å². The molecule has 2 rings (SSSR count). The number of nitrogens with zero attached hydrogens (tertiary/aromatic N) is 1. The number of urea groups is 1. The number of hydrogen-bond acceptors (Lipinski definition) is 6. The third kappa shape index (κ3) is 7.57. The highest BCUT2D eigenvalue weighted by atomic mass is 32.2. The molecule has 0 aliphatic carbocycles. The maximum absolute atomic E-state index is 12.8. The van der Waals surface area contributed by atoms with Crippen LogP contribution in [0.15, 0.2) is 48.5 Å². The first kappa shape index (κ1) is 23.5. The van der Waals surface area contributed by atoms with Crippen LogP contribution in [-0.2, 0) is 21.4 Å². The van der Waals surface area contributed by atoms with Crippen molar-refractivity contribution in [3.63, 3.8) is 0 Å². The quantitative estimate of drug-likeness (QED) is 0.542. The molecule has 0 aliphatic heterocycles. The third-order valence-electron chi connectivity index (χ3n) is 4.14. The van der Waals surface area contributed by atoms with E-state index in [2.05, 4.69) is 5.32 Å². The number of carbonyl (C=O) groups excluding carboxylic acids is 1. The summed E-state index contributed by atoms with van der Waals surface area (Å²) in [5, 5.41) is 2.86. The van der Waals surface area contributed by atoms with Crippen LogP contribution in [0.2, 0.25) is 0 Å². The van der Waals surface area contributed by atoms with Gasteiger partial charge in [0.25, 0.3) is 0 Å². The second-order valence-corrected chi connectivity index (χ2v) is 8.23. The van der Waals surface area contributed by atoms with Crippen molar-refractivity contribution in [1.82, 2.24) is 4.90 Å². The Balaban J connectivity index is 2.04. The fourth-order valence-corrected chi connectivity index (χ4v) is 3.06. The molecule has 0 unspecified atom stereocenters. The summed E-state index contributed by atoms with van der Waals surface area (Å²) in [6.07, 6.45) is 0. The lowest BCUT2D eigenvalue weighted by Crippen LogP contribution is -2.36. The topological polar surface area (TPSA) is 94.2 Å². The van der Waals surface area contributed by atoms with Gasteiger partial charge in [0.1, 0.15) is 11.5 Å². The molecule has 0 fully saturated rings. The van der Waals surface area contributed by atoms with Crippen molar-refractivity contribution in [3.05, 3.63) is 54.1 Å². The highest BCUT2D eigenvalue weighted by Gasteiger charge is 2.15. The number of benzene rings is 2. The Labute approximate surface area is 177 Å². The molecule has 0 bridgehead atoms. The largest absolute Gasteiger partial charge is 0.494 e. The first-order valence-electron chi connectivity index (χ1n) is 9.65. The van der Waals surface area contributed by atoms with E-state index < -0.39 is 10.1 Å². The zero-order valence-electron chi connectivity index (χ0n) is 17.5. The van der Waals surface area contributed by atoms with Gasteiger partial charge < -0.3 is 23.9 Å². The molecule has 9 heteroatoms. The molecule has 2 aromatic carbocycles. The van der Waals surface area contributed by atoms with Crippen LogP contribution >= 0.6 is 0 Å². The Bertz CT molecular complexity index is 898. The normalized spacial score (nSPS) is 11.0. The van der Waals surface area contributed by atoms with Gasteiger partial charge in [0.05, 0.1) is 19.0 Å². The summed E-state index contributed by atoms with van der Waals surface area (Å²) < 4.78 is 38.6. The molecule has 0 aliphatic rings. The minimum atomic E-state index is -3.58. The second-order valence-electron chi connectivity index (χ2n) is 6.38. The molecule has 30 heavy (non-hydrogen) atoms. The lowest BCUT2D eigenvalue weighted by Gasteiger charge is -2.23. The first-order valence-corrected chi connectivity index (χ1v) is 11.2. The minimum absolute atomic E-state index is 0.106. The van der Waals surface area contributed by atoms with Gasteiger partial charge in [-0.25, -0.2) is 4.79 Å². The van der Waals surface area contributed by atoms with Crippen LogP contribution in [0.1, 0.15) is 19.4 Å². The van der Waals surface area contributed by atoms with Gasteiger partial charge in [-0.05, 0) is 55.8 Å². The maximum Gasteiger partial charge on any atom is 0.322 e. The molecule has 0 heterocycles. The molecule has 0 saturated carbocycles. The lowest BCUT2D eigenvalue weighted by molar-refractivity contribution is 0.153. The van der Waals surface area contributed by atoms with E-state index in [1.807, 2.05) is 6.92 Å². The summed E-state index contributed by atoms with van der Waals surface area (Å²) in [7, 11) is -2.00. The van der Waals surface area contributed by atoms with Gasteiger partial charge in [0, 0.05) is 25.9 Å². The number of ether oxygens (including phenoxy) is 2. The van der Waals surface area contributed by atoms with Crippen LogP contribution in [0.3, 0.4) is 0 Å². The Hall–Kier alpha value is -2.78. The van der Waals surface area contributed by atoms with Crippen LogP contribution in [0.4, 0.5) is 10.5 Å². The summed E-state index contributed by atoms with van der Waals surface area (Å²) in [5.74, 6) is 0.868. The molecular formula is C21H28N2O6S. The Kier molecular flexibility index (Phi) is 8.94. The average Bonchev–Trinajstić information content (AvgIpc) is 2.73. The van der Waals surface area contributed by atoms with E-state index in [0.29, 0.717) is 32.0 Å². The molecule has 8 nitrogen and oxygen atoms in total. The van der Waals surface area contributed by atoms with E-state index >= 15 is 0 Å². The van der Waals surface area contributed by atoms with E-state index in [9.17, 15) is 13.2 Å². The van der Waals surface area contributed by atoms with Gasteiger partial charge in [-0.15, -0.1) is 0 Å². The molecule has 0 atom stereocenters. The summed E-state index contributed by atoms with van der Waals surface area (Å²) in [5.41, 5.74) is 1.48. The second kappa shape index (κ2) is 11.4. The lowest BCUT2D eigenvalue weighted by atomic mass is 10.2. The van der Waals surface area contributed by atoms with Crippen LogP contribution in [0.5, 0.6) is 11.5 Å². The minimum Gasteiger partial charge on any atom is -0.494 e. The average molecular weight is 437 g/mol. The van der Waals surface area contributed by atoms with Gasteiger partial charge in [0.2, 0.25) is 0 Å². The number of rotatable bonds is 11. The van der Waals surface area contributed by atoms with Gasteiger partial charge in [-0.3, -0.25) is 0 Å². The number of methoxy groups -OCH3 is 1. The Morgan fingerprint density at radius 3 is 2.20 bits per heavy atom. The van der Waals surface area contributed by atoms with E-state index in [1.165, 1.54) is 6.92 Å². The summed E-state index contributed by atoms with van der Waals surface area (Å²) in [6.45, 7) is 5.09. The van der Waals surface area contributed by atoms with Crippen LogP contribution in [0, 0.1) is 0 Å². The molecular weight excluding hydrogens is 408 g/mol. The number of hydrogen-bond donors (Lipinski definition) is 1. The van der Waals surface area contributed by atoms with Gasteiger partial charge in [0.15, 0.2) is 0 Å². The van der Waals surface area contributed by atoms with Crippen LogP contribution in [0.25, 0.3) is 0 Å². The van der Waals surface area contributed by atoms with Crippen LogP contribution in [-0.4, -0.2) is 52.0 Å². The third-order valence-corrected chi connectivity index (χ3v) is 5.30. The monoisotopic (exact) mass is 436 g/mol. The predicted molar refractivity (Wildman–Crippen MR) is 115 cm³/mol. The molecule has 1 N–H and O–H groups in total. The van der Waals surface area contributed by atoms with Crippen molar-refractivity contribution < 1.29 is 26.9 Å². The molecule has 0 spiro atoms. The van der Waals surface area contributed by atoms with Crippen molar-refractivity contribution in [1.29, 1.82) is 0 Å². The van der Waals surface area contributed by atoms with Crippen molar-refractivity contribution in [2.45, 2.75) is 20.4 Å². The molecule has 2 amide bonds. The van der Waals surface area contributed by atoms with E-state index in [4.69, 9.17) is 13.7 Å². The highest BCUT2D eigenvalue weighted by Crippen LogP contribution is 2.18. The van der Waals surface area contributed by atoms with E-state index in [-0.39, 0.29) is 17.5 Å². The zero-order chi connectivity index (χ0) is 22.0. The molecule has 0 saturated heterocycles. The van der Waals surface area contributed by atoms with E-state index in [0.717, 1.165) is 11.3 Å². The smallest absolute Gasteiger partial charge is 0.322 e. The van der Waals surface area contributed by atoms with Crippen molar-refractivity contribution in [2.24, 2.45) is 0 Å².